The number of ketones is 1. The molecule has 0 aliphatic carbocycles. The normalized spacial score (nSPS) is 22.3. The van der Waals surface area contributed by atoms with Crippen molar-refractivity contribution >= 4 is 27.5 Å². The van der Waals surface area contributed by atoms with E-state index in [4.69, 9.17) is 14.2 Å². The van der Waals surface area contributed by atoms with Crippen molar-refractivity contribution in [1.82, 2.24) is 14.1 Å². The van der Waals surface area contributed by atoms with Crippen molar-refractivity contribution in [2.75, 3.05) is 72.3 Å². The van der Waals surface area contributed by atoms with Crippen molar-refractivity contribution in [3.63, 3.8) is 0 Å². The summed E-state index contributed by atoms with van der Waals surface area (Å²) in [5.41, 5.74) is 0.691. The average Bonchev–Trinajstić information content (AvgIpc) is 3.26. The number of morpholine rings is 2. The van der Waals surface area contributed by atoms with Crippen LogP contribution in [0.1, 0.15) is 24.1 Å². The fourth-order valence-corrected chi connectivity index (χ4v) is 6.79. The van der Waals surface area contributed by atoms with E-state index in [2.05, 4.69) is 4.90 Å². The van der Waals surface area contributed by atoms with E-state index in [0.717, 1.165) is 13.1 Å². The van der Waals surface area contributed by atoms with E-state index in [1.54, 1.807) is 24.3 Å². The highest BCUT2D eigenvalue weighted by Gasteiger charge is 2.46. The number of likely N-dealkylation sites (tertiary alicyclic amines) is 1. The monoisotopic (exact) mass is 585 g/mol. The molecule has 3 fully saturated rings. The number of sulfonamides is 1. The molecular weight excluding hydrogens is 550 g/mol. The van der Waals surface area contributed by atoms with Crippen LogP contribution in [0, 0.1) is 0 Å². The van der Waals surface area contributed by atoms with Gasteiger partial charge in [0, 0.05) is 44.8 Å². The van der Waals surface area contributed by atoms with Gasteiger partial charge in [0.05, 0.1) is 49.5 Å². The Morgan fingerprint density at radius 2 is 1.61 bits per heavy atom. The number of benzene rings is 2. The van der Waals surface area contributed by atoms with Crippen LogP contribution in [0.4, 0.5) is 0 Å². The molecule has 5 rings (SSSR count). The largest absolute Gasteiger partial charge is 0.507 e. The lowest BCUT2D eigenvalue weighted by molar-refractivity contribution is -0.140. The molecule has 0 spiro atoms. The zero-order chi connectivity index (χ0) is 29.0. The van der Waals surface area contributed by atoms with Crippen LogP contribution in [0.15, 0.2) is 59.0 Å². The lowest BCUT2D eigenvalue weighted by Gasteiger charge is -2.31. The Balaban J connectivity index is 1.52. The predicted molar refractivity (Wildman–Crippen MR) is 150 cm³/mol. The maximum Gasteiger partial charge on any atom is 0.295 e. The van der Waals surface area contributed by atoms with Crippen LogP contribution in [0.3, 0.4) is 0 Å². The number of nitrogens with zero attached hydrogens (tertiary/aromatic N) is 3. The summed E-state index contributed by atoms with van der Waals surface area (Å²) < 4.78 is 44.1. The van der Waals surface area contributed by atoms with Gasteiger partial charge in [-0.05, 0) is 36.8 Å². The topological polar surface area (TPSA) is 126 Å². The number of hydrogen-bond donors (Lipinski definition) is 1. The number of carbonyl (C=O) groups excluding carboxylic acids is 2. The van der Waals surface area contributed by atoms with E-state index in [1.165, 1.54) is 33.5 Å². The summed E-state index contributed by atoms with van der Waals surface area (Å²) >= 11 is 0. The van der Waals surface area contributed by atoms with Gasteiger partial charge >= 0.3 is 0 Å². The van der Waals surface area contributed by atoms with Gasteiger partial charge in [-0.1, -0.05) is 24.3 Å². The number of rotatable bonds is 9. The highest BCUT2D eigenvalue weighted by molar-refractivity contribution is 7.89. The SMILES string of the molecule is CCOc1ccc([C@H]2C(=C(O)c3cccc(S(=O)(=O)N4CCOCC4)c3)C(=O)C(=O)N2CCN2CCOCC2)cc1. The summed E-state index contributed by atoms with van der Waals surface area (Å²) in [6.07, 6.45) is 0. The van der Waals surface area contributed by atoms with Gasteiger partial charge in [-0.3, -0.25) is 14.5 Å². The smallest absolute Gasteiger partial charge is 0.295 e. The van der Waals surface area contributed by atoms with Crippen LogP contribution in [0.25, 0.3) is 5.76 Å². The highest BCUT2D eigenvalue weighted by atomic mass is 32.2. The number of aliphatic hydroxyl groups is 1. The van der Waals surface area contributed by atoms with E-state index < -0.39 is 33.5 Å². The minimum Gasteiger partial charge on any atom is -0.507 e. The second-order valence-electron chi connectivity index (χ2n) is 9.99. The third-order valence-electron chi connectivity index (χ3n) is 7.52. The Hall–Kier alpha value is -3.29. The van der Waals surface area contributed by atoms with Gasteiger partial charge in [-0.25, -0.2) is 8.42 Å². The predicted octanol–water partition coefficient (Wildman–Crippen LogP) is 1.86. The van der Waals surface area contributed by atoms with Gasteiger partial charge < -0.3 is 24.2 Å². The quantitative estimate of drug-likeness (QED) is 0.267. The molecule has 2 aromatic carbocycles. The van der Waals surface area contributed by atoms with E-state index in [0.29, 0.717) is 50.9 Å². The first-order valence-electron chi connectivity index (χ1n) is 13.8. The van der Waals surface area contributed by atoms with Crippen molar-refractivity contribution in [3.8, 4) is 5.75 Å². The third-order valence-corrected chi connectivity index (χ3v) is 9.42. The number of Topliss-reactive ketones (excluding diaryl/α,β-unsaturated/α-hetero) is 1. The van der Waals surface area contributed by atoms with Gasteiger partial charge in [-0.15, -0.1) is 0 Å². The van der Waals surface area contributed by atoms with Gasteiger partial charge in [0.1, 0.15) is 11.5 Å². The Morgan fingerprint density at radius 1 is 0.951 bits per heavy atom. The maximum atomic E-state index is 13.5. The molecule has 0 saturated carbocycles. The third kappa shape index (κ3) is 6.16. The first-order valence-corrected chi connectivity index (χ1v) is 15.2. The summed E-state index contributed by atoms with van der Waals surface area (Å²) in [5.74, 6) is -1.31. The Labute approximate surface area is 239 Å². The Morgan fingerprint density at radius 3 is 2.27 bits per heavy atom. The van der Waals surface area contributed by atoms with Crippen molar-refractivity contribution in [3.05, 3.63) is 65.2 Å². The lowest BCUT2D eigenvalue weighted by Crippen LogP contribution is -2.42. The summed E-state index contributed by atoms with van der Waals surface area (Å²) in [6.45, 7) is 6.88. The summed E-state index contributed by atoms with van der Waals surface area (Å²) in [6, 6.07) is 12.1. The molecule has 3 heterocycles. The average molecular weight is 586 g/mol. The molecule has 3 saturated heterocycles. The molecule has 3 aliphatic heterocycles. The van der Waals surface area contributed by atoms with Gasteiger partial charge in [0.2, 0.25) is 10.0 Å². The Bertz CT molecular complexity index is 1400. The summed E-state index contributed by atoms with van der Waals surface area (Å²) in [5, 5.41) is 11.5. The number of ether oxygens (including phenoxy) is 3. The van der Waals surface area contributed by atoms with Crippen LogP contribution in [0.5, 0.6) is 5.75 Å². The first kappa shape index (κ1) is 29.2. The van der Waals surface area contributed by atoms with Crippen molar-refractivity contribution < 1.29 is 37.3 Å². The highest BCUT2D eigenvalue weighted by Crippen LogP contribution is 2.40. The number of aliphatic hydroxyl groups excluding tert-OH is 1. The van der Waals surface area contributed by atoms with E-state index in [1.807, 2.05) is 6.92 Å². The van der Waals surface area contributed by atoms with E-state index >= 15 is 0 Å². The van der Waals surface area contributed by atoms with Gasteiger partial charge in [0.15, 0.2) is 0 Å². The molecule has 2 aromatic rings. The van der Waals surface area contributed by atoms with Crippen LogP contribution in [-0.4, -0.2) is 112 Å². The number of amides is 1. The minimum absolute atomic E-state index is 0.0115. The van der Waals surface area contributed by atoms with Crippen molar-refractivity contribution in [1.29, 1.82) is 0 Å². The van der Waals surface area contributed by atoms with Crippen molar-refractivity contribution in [2.24, 2.45) is 0 Å². The van der Waals surface area contributed by atoms with Crippen LogP contribution < -0.4 is 4.74 Å². The molecule has 1 amide bonds. The number of carbonyl (C=O) groups is 2. The molecule has 0 bridgehead atoms. The second-order valence-corrected chi connectivity index (χ2v) is 11.9. The molecule has 3 aliphatic rings. The molecule has 12 heteroatoms. The molecule has 1 N–H and O–H groups in total. The molecular formula is C29H35N3O8S. The Kier molecular flexibility index (Phi) is 9.05. The molecule has 0 radical (unpaired) electrons. The standard InChI is InChI=1S/C29H35N3O8S/c1-2-40-23-8-6-21(7-9-23)26-25(28(34)29(35)32(26)11-10-30-12-16-38-17-13-30)27(33)22-4-3-5-24(20-22)41(36,37)31-14-18-39-19-15-31/h3-9,20,26,33H,2,10-19H2,1H3/t26-/m0/s1. The number of hydrogen-bond acceptors (Lipinski definition) is 9. The van der Waals surface area contributed by atoms with Gasteiger partial charge in [-0.2, -0.15) is 4.31 Å². The zero-order valence-corrected chi connectivity index (χ0v) is 23.8. The molecule has 41 heavy (non-hydrogen) atoms. The minimum atomic E-state index is -3.85. The fourth-order valence-electron chi connectivity index (χ4n) is 5.34. The van der Waals surface area contributed by atoms with E-state index in [-0.39, 0.29) is 35.7 Å². The molecule has 0 unspecified atom stereocenters. The van der Waals surface area contributed by atoms with Gasteiger partial charge in [0.25, 0.3) is 11.7 Å². The maximum absolute atomic E-state index is 13.5. The summed E-state index contributed by atoms with van der Waals surface area (Å²) in [7, 11) is -3.85. The molecule has 1 atom stereocenters. The fraction of sp³-hybridized carbons (Fsp3) is 0.448. The van der Waals surface area contributed by atoms with E-state index in [9.17, 15) is 23.1 Å². The van der Waals surface area contributed by atoms with Crippen LogP contribution in [-0.2, 0) is 29.1 Å². The molecule has 220 valence electrons. The first-order chi connectivity index (χ1) is 19.8. The van der Waals surface area contributed by atoms with Crippen LogP contribution >= 0.6 is 0 Å². The lowest BCUT2D eigenvalue weighted by atomic mass is 9.95. The second kappa shape index (κ2) is 12.7. The van der Waals surface area contributed by atoms with Crippen LogP contribution in [0.2, 0.25) is 0 Å². The summed E-state index contributed by atoms with van der Waals surface area (Å²) in [4.78, 5) is 30.4. The molecule has 0 aromatic heterocycles. The van der Waals surface area contributed by atoms with Crippen molar-refractivity contribution in [2.45, 2.75) is 17.9 Å². The zero-order valence-electron chi connectivity index (χ0n) is 23.0. The molecule has 11 nitrogen and oxygen atoms in total.